The largest absolute Gasteiger partial charge is 0.467 e. The molecular formula is C16H22F3N3O2S. The highest BCUT2D eigenvalue weighted by atomic mass is 32.1. The zero-order valence-electron chi connectivity index (χ0n) is 13.9. The number of thiazole rings is 1. The summed E-state index contributed by atoms with van der Waals surface area (Å²) in [4.78, 5) is 19.9. The van der Waals surface area contributed by atoms with Crippen molar-refractivity contribution in [3.63, 3.8) is 0 Å². The molecule has 1 aromatic heterocycles. The Kier molecular flexibility index (Phi) is 5.96. The third kappa shape index (κ3) is 5.39. The van der Waals surface area contributed by atoms with Gasteiger partial charge in [-0.15, -0.1) is 0 Å². The Bertz CT molecular complexity index is 586. The van der Waals surface area contributed by atoms with Gasteiger partial charge in [0.05, 0.1) is 12.2 Å². The monoisotopic (exact) mass is 377 g/mol. The van der Waals surface area contributed by atoms with Gasteiger partial charge in [0.15, 0.2) is 0 Å². The number of carbonyl (C=O) groups is 1. The fraction of sp³-hybridized carbons (Fsp3) is 0.750. The lowest BCUT2D eigenvalue weighted by Crippen LogP contribution is -2.42. The third-order valence-electron chi connectivity index (χ3n) is 4.56. The first-order valence-electron chi connectivity index (χ1n) is 8.53. The summed E-state index contributed by atoms with van der Waals surface area (Å²) < 4.78 is 43.2. The average Bonchev–Trinajstić information content (AvgIpc) is 2.95. The van der Waals surface area contributed by atoms with E-state index in [1.165, 1.54) is 21.1 Å². The van der Waals surface area contributed by atoms with Gasteiger partial charge in [0.1, 0.15) is 12.4 Å². The van der Waals surface area contributed by atoms with Crippen LogP contribution in [0.25, 0.3) is 0 Å². The van der Waals surface area contributed by atoms with Crippen molar-refractivity contribution in [3.05, 3.63) is 10.6 Å². The van der Waals surface area contributed by atoms with E-state index in [1.807, 2.05) is 0 Å². The number of nitrogens with zero attached hydrogens (tertiary/aromatic N) is 3. The van der Waals surface area contributed by atoms with Gasteiger partial charge in [-0.1, -0.05) is 11.3 Å². The van der Waals surface area contributed by atoms with Gasteiger partial charge in [-0.05, 0) is 12.8 Å². The SMILES string of the molecule is O=CCCN1CCc2nc(OC3CCN(CC(F)(F)F)CC3)sc2C1. The third-order valence-corrected chi connectivity index (χ3v) is 5.53. The number of fused-ring (bicyclic) bond motifs is 1. The predicted molar refractivity (Wildman–Crippen MR) is 87.9 cm³/mol. The van der Waals surface area contributed by atoms with Crippen molar-refractivity contribution >= 4 is 17.6 Å². The molecule has 0 aliphatic carbocycles. The van der Waals surface area contributed by atoms with E-state index in [-0.39, 0.29) is 6.10 Å². The van der Waals surface area contributed by atoms with Crippen LogP contribution in [-0.2, 0) is 17.8 Å². The lowest BCUT2D eigenvalue weighted by molar-refractivity contribution is -0.149. The number of carbonyl (C=O) groups excluding carboxylic acids is 1. The Morgan fingerprint density at radius 3 is 2.68 bits per heavy atom. The zero-order valence-corrected chi connectivity index (χ0v) is 14.7. The predicted octanol–water partition coefficient (Wildman–Crippen LogP) is 2.50. The molecule has 25 heavy (non-hydrogen) atoms. The molecule has 0 radical (unpaired) electrons. The van der Waals surface area contributed by atoms with E-state index >= 15 is 0 Å². The van der Waals surface area contributed by atoms with Crippen LogP contribution < -0.4 is 4.74 Å². The number of ether oxygens (including phenoxy) is 1. The Balaban J connectivity index is 1.49. The zero-order chi connectivity index (χ0) is 17.9. The first kappa shape index (κ1) is 18.6. The Morgan fingerprint density at radius 1 is 1.24 bits per heavy atom. The molecule has 2 aliphatic heterocycles. The van der Waals surface area contributed by atoms with Gasteiger partial charge < -0.3 is 9.53 Å². The summed E-state index contributed by atoms with van der Waals surface area (Å²) >= 11 is 1.52. The normalized spacial score (nSPS) is 20.4. The number of piperidine rings is 1. The quantitative estimate of drug-likeness (QED) is 0.713. The summed E-state index contributed by atoms with van der Waals surface area (Å²) in [5.74, 6) is 0. The van der Waals surface area contributed by atoms with Gasteiger partial charge in [0, 0.05) is 50.4 Å². The first-order chi connectivity index (χ1) is 11.9. The fourth-order valence-electron chi connectivity index (χ4n) is 3.28. The number of aromatic nitrogens is 1. The molecule has 1 saturated heterocycles. The van der Waals surface area contributed by atoms with E-state index in [1.54, 1.807) is 0 Å². The summed E-state index contributed by atoms with van der Waals surface area (Å²) in [7, 11) is 0. The van der Waals surface area contributed by atoms with Crippen LogP contribution in [0.3, 0.4) is 0 Å². The van der Waals surface area contributed by atoms with E-state index in [4.69, 9.17) is 4.74 Å². The van der Waals surface area contributed by atoms with E-state index in [0.717, 1.165) is 38.0 Å². The molecule has 5 nitrogen and oxygen atoms in total. The summed E-state index contributed by atoms with van der Waals surface area (Å²) in [6.45, 7) is 2.38. The average molecular weight is 377 g/mol. The maximum absolute atomic E-state index is 12.4. The highest BCUT2D eigenvalue weighted by Gasteiger charge is 2.33. The van der Waals surface area contributed by atoms with Gasteiger partial charge in [0.25, 0.3) is 5.19 Å². The van der Waals surface area contributed by atoms with Crippen molar-refractivity contribution in [1.29, 1.82) is 0 Å². The molecule has 9 heteroatoms. The van der Waals surface area contributed by atoms with Crippen LogP contribution in [0.5, 0.6) is 5.19 Å². The number of likely N-dealkylation sites (tertiary alicyclic amines) is 1. The second-order valence-electron chi connectivity index (χ2n) is 6.54. The molecule has 140 valence electrons. The molecule has 0 amide bonds. The minimum absolute atomic E-state index is 0.0664. The Morgan fingerprint density at radius 2 is 2.00 bits per heavy atom. The summed E-state index contributed by atoms with van der Waals surface area (Å²) in [5.41, 5.74) is 1.05. The second kappa shape index (κ2) is 8.01. The van der Waals surface area contributed by atoms with Crippen molar-refractivity contribution in [2.45, 2.75) is 44.5 Å². The lowest BCUT2D eigenvalue weighted by atomic mass is 10.1. The van der Waals surface area contributed by atoms with E-state index < -0.39 is 12.7 Å². The summed E-state index contributed by atoms with van der Waals surface area (Å²) in [5, 5.41) is 0.622. The van der Waals surface area contributed by atoms with Crippen LogP contribution >= 0.6 is 11.3 Å². The molecule has 2 aliphatic rings. The summed E-state index contributed by atoms with van der Waals surface area (Å²) in [6.07, 6.45) is -0.716. The molecular weight excluding hydrogens is 355 g/mol. The van der Waals surface area contributed by atoms with E-state index in [2.05, 4.69) is 9.88 Å². The van der Waals surface area contributed by atoms with Crippen LogP contribution in [0.15, 0.2) is 0 Å². The standard InChI is InChI=1S/C16H22F3N3O2S/c17-16(18,19)11-22-6-2-12(3-7-22)24-15-20-13-4-8-21(5-1-9-23)10-14(13)25-15/h9,12H,1-8,10-11H2. The van der Waals surface area contributed by atoms with Crippen LogP contribution in [0.2, 0.25) is 0 Å². The first-order valence-corrected chi connectivity index (χ1v) is 9.35. The van der Waals surface area contributed by atoms with Crippen molar-refractivity contribution in [2.75, 3.05) is 32.7 Å². The number of aldehydes is 1. The topological polar surface area (TPSA) is 45.7 Å². The molecule has 0 bridgehead atoms. The van der Waals surface area contributed by atoms with Crippen LogP contribution in [0, 0.1) is 0 Å². The molecule has 0 saturated carbocycles. The van der Waals surface area contributed by atoms with Crippen LogP contribution in [0.1, 0.15) is 29.8 Å². The maximum Gasteiger partial charge on any atom is 0.401 e. The summed E-state index contributed by atoms with van der Waals surface area (Å²) in [6, 6.07) is 0. The molecule has 0 aromatic carbocycles. The van der Waals surface area contributed by atoms with E-state index in [0.29, 0.717) is 37.5 Å². The van der Waals surface area contributed by atoms with Gasteiger partial charge in [-0.3, -0.25) is 9.80 Å². The minimum atomic E-state index is -4.14. The van der Waals surface area contributed by atoms with Crippen LogP contribution in [0.4, 0.5) is 13.2 Å². The van der Waals surface area contributed by atoms with Gasteiger partial charge in [-0.25, -0.2) is 4.98 Å². The van der Waals surface area contributed by atoms with E-state index in [9.17, 15) is 18.0 Å². The van der Waals surface area contributed by atoms with Gasteiger partial charge >= 0.3 is 6.18 Å². The number of hydrogen-bond donors (Lipinski definition) is 0. The molecule has 0 spiro atoms. The number of rotatable bonds is 6. The molecule has 0 N–H and O–H groups in total. The van der Waals surface area contributed by atoms with Crippen LogP contribution in [-0.4, -0.2) is 66.1 Å². The molecule has 1 aromatic rings. The maximum atomic E-state index is 12.4. The molecule has 0 unspecified atom stereocenters. The second-order valence-corrected chi connectivity index (χ2v) is 7.59. The number of alkyl halides is 3. The van der Waals surface area contributed by atoms with Gasteiger partial charge in [0.2, 0.25) is 0 Å². The van der Waals surface area contributed by atoms with Crippen molar-refractivity contribution < 1.29 is 22.7 Å². The Labute approximate surface area is 148 Å². The molecule has 3 heterocycles. The molecule has 1 fully saturated rings. The highest BCUT2D eigenvalue weighted by Crippen LogP contribution is 2.31. The smallest absolute Gasteiger partial charge is 0.401 e. The van der Waals surface area contributed by atoms with Crippen molar-refractivity contribution in [2.24, 2.45) is 0 Å². The van der Waals surface area contributed by atoms with Crippen molar-refractivity contribution in [1.82, 2.24) is 14.8 Å². The lowest BCUT2D eigenvalue weighted by Gasteiger charge is -2.31. The highest BCUT2D eigenvalue weighted by molar-refractivity contribution is 7.13. The van der Waals surface area contributed by atoms with Gasteiger partial charge in [-0.2, -0.15) is 13.2 Å². The van der Waals surface area contributed by atoms with Crippen molar-refractivity contribution in [3.8, 4) is 5.19 Å². The number of halogens is 3. The fourth-order valence-corrected chi connectivity index (χ4v) is 4.35. The Hall–Kier alpha value is -1.19. The molecule has 0 atom stereocenters. The minimum Gasteiger partial charge on any atom is -0.467 e. The molecule has 3 rings (SSSR count). The number of hydrogen-bond acceptors (Lipinski definition) is 6.